The van der Waals surface area contributed by atoms with Gasteiger partial charge in [0, 0.05) is 26.4 Å². The molecule has 0 spiro atoms. The molecule has 0 radical (unpaired) electrons. The summed E-state index contributed by atoms with van der Waals surface area (Å²) in [6.07, 6.45) is 8.23. The number of unbranched alkanes of at least 4 members (excludes halogenated alkanes) is 2. The number of ether oxygens (including phenoxy) is 1. The molecule has 0 aromatic rings. The Morgan fingerprint density at radius 1 is 1.29 bits per heavy atom. The summed E-state index contributed by atoms with van der Waals surface area (Å²) in [5, 5.41) is 0. The summed E-state index contributed by atoms with van der Waals surface area (Å²) in [5.41, 5.74) is 0. The summed E-state index contributed by atoms with van der Waals surface area (Å²) in [7, 11) is 1.70. The highest BCUT2D eigenvalue weighted by atomic mass is 16.5. The highest BCUT2D eigenvalue weighted by molar-refractivity contribution is 5.77. The molecule has 0 fully saturated rings. The number of carbonyl (C=O) groups is 2. The predicted octanol–water partition coefficient (Wildman–Crippen LogP) is 1.59. The van der Waals surface area contributed by atoms with Gasteiger partial charge in [-0.1, -0.05) is 0 Å². The van der Waals surface area contributed by atoms with E-state index in [1.807, 2.05) is 0 Å². The zero-order chi connectivity index (χ0) is 13.1. The highest BCUT2D eigenvalue weighted by Gasteiger charge is 2.10. The van der Waals surface area contributed by atoms with E-state index in [-0.39, 0.29) is 18.3 Å². The molecule has 0 unspecified atom stereocenters. The van der Waals surface area contributed by atoms with E-state index in [9.17, 15) is 9.59 Å². The summed E-state index contributed by atoms with van der Waals surface area (Å²) in [6, 6.07) is 0. The normalized spacial score (nSPS) is 9.47. The Bertz CT molecular complexity index is 281. The number of rotatable bonds is 8. The van der Waals surface area contributed by atoms with Crippen molar-refractivity contribution >= 4 is 11.9 Å². The number of amides is 1. The van der Waals surface area contributed by atoms with Crippen LogP contribution in [0.3, 0.4) is 0 Å². The van der Waals surface area contributed by atoms with E-state index >= 15 is 0 Å². The largest absolute Gasteiger partial charge is 0.466 e. The highest BCUT2D eigenvalue weighted by Crippen LogP contribution is 2.02. The van der Waals surface area contributed by atoms with Crippen molar-refractivity contribution in [3.05, 3.63) is 0 Å². The molecule has 0 heterocycles. The van der Waals surface area contributed by atoms with Crippen molar-refractivity contribution < 1.29 is 14.3 Å². The Balaban J connectivity index is 3.67. The van der Waals surface area contributed by atoms with Crippen molar-refractivity contribution in [2.24, 2.45) is 0 Å². The molecule has 4 nitrogen and oxygen atoms in total. The maximum Gasteiger partial charge on any atom is 0.307 e. The van der Waals surface area contributed by atoms with E-state index in [1.54, 1.807) is 18.9 Å². The maximum absolute atomic E-state index is 11.6. The molecule has 17 heavy (non-hydrogen) atoms. The Kier molecular flexibility index (Phi) is 8.85. The molecule has 0 atom stereocenters. The summed E-state index contributed by atoms with van der Waals surface area (Å²) < 4.78 is 4.79. The number of nitrogens with zero attached hydrogens (tertiary/aromatic N) is 1. The first-order valence-corrected chi connectivity index (χ1v) is 5.94. The molecule has 0 rings (SSSR count). The number of carbonyl (C=O) groups excluding carboxylic acids is 2. The third-order valence-corrected chi connectivity index (χ3v) is 2.34. The molecule has 1 amide bonds. The van der Waals surface area contributed by atoms with E-state index in [4.69, 9.17) is 11.2 Å². The monoisotopic (exact) mass is 239 g/mol. The van der Waals surface area contributed by atoms with E-state index in [1.165, 1.54) is 0 Å². The number of terminal acetylenes is 1. The van der Waals surface area contributed by atoms with Crippen LogP contribution in [0.5, 0.6) is 0 Å². The molecular formula is C13H21NO3. The first-order chi connectivity index (χ1) is 8.11. The van der Waals surface area contributed by atoms with Crippen LogP contribution in [0.25, 0.3) is 0 Å². The first kappa shape index (κ1) is 15.5. The van der Waals surface area contributed by atoms with Crippen LogP contribution >= 0.6 is 0 Å². The topological polar surface area (TPSA) is 46.6 Å². The summed E-state index contributed by atoms with van der Waals surface area (Å²) >= 11 is 0. The molecule has 0 aromatic heterocycles. The van der Waals surface area contributed by atoms with Crippen LogP contribution < -0.4 is 0 Å². The van der Waals surface area contributed by atoms with Gasteiger partial charge in [0.05, 0.1) is 13.0 Å². The molecule has 0 aliphatic carbocycles. The third kappa shape index (κ3) is 8.32. The lowest BCUT2D eigenvalue weighted by Gasteiger charge is -2.16. The van der Waals surface area contributed by atoms with Gasteiger partial charge in [-0.3, -0.25) is 9.59 Å². The van der Waals surface area contributed by atoms with E-state index in [0.717, 1.165) is 12.8 Å². The average Bonchev–Trinajstić information content (AvgIpc) is 2.31. The second-order valence-electron chi connectivity index (χ2n) is 3.78. The number of hydrogen-bond donors (Lipinski definition) is 0. The van der Waals surface area contributed by atoms with Crippen molar-refractivity contribution in [2.75, 3.05) is 20.2 Å². The standard InChI is InChI=1S/C13H21NO3/c1-4-6-7-8-9-12(15)14(3)11-10-13(16)17-5-2/h1H,5-11H2,2-3H3. The SMILES string of the molecule is C#CCCCCC(=O)N(C)CCC(=O)OCC. The fourth-order valence-corrected chi connectivity index (χ4v) is 1.31. The average molecular weight is 239 g/mol. The predicted molar refractivity (Wildman–Crippen MR) is 66.2 cm³/mol. The molecule has 0 saturated heterocycles. The van der Waals surface area contributed by atoms with Crippen LogP contribution in [0.4, 0.5) is 0 Å². The van der Waals surface area contributed by atoms with Gasteiger partial charge >= 0.3 is 5.97 Å². The summed E-state index contributed by atoms with van der Waals surface area (Å²) in [5.74, 6) is 2.32. The van der Waals surface area contributed by atoms with E-state index < -0.39 is 0 Å². The fourth-order valence-electron chi connectivity index (χ4n) is 1.31. The van der Waals surface area contributed by atoms with Gasteiger partial charge in [-0.25, -0.2) is 0 Å². The molecule has 0 aliphatic heterocycles. The van der Waals surface area contributed by atoms with Crippen molar-refractivity contribution in [2.45, 2.75) is 39.0 Å². The maximum atomic E-state index is 11.6. The van der Waals surface area contributed by atoms with Gasteiger partial charge in [0.25, 0.3) is 0 Å². The van der Waals surface area contributed by atoms with Gasteiger partial charge in [-0.15, -0.1) is 12.3 Å². The van der Waals surface area contributed by atoms with Gasteiger partial charge in [0.15, 0.2) is 0 Å². The van der Waals surface area contributed by atoms with Crippen LogP contribution in [0.2, 0.25) is 0 Å². The smallest absolute Gasteiger partial charge is 0.307 e. The van der Waals surface area contributed by atoms with Crippen molar-refractivity contribution in [1.82, 2.24) is 4.90 Å². The molecule has 0 saturated carbocycles. The molecule has 0 aliphatic rings. The quantitative estimate of drug-likeness (QED) is 0.367. The van der Waals surface area contributed by atoms with Crippen molar-refractivity contribution in [1.29, 1.82) is 0 Å². The number of hydrogen-bond acceptors (Lipinski definition) is 3. The lowest BCUT2D eigenvalue weighted by Crippen LogP contribution is -2.29. The lowest BCUT2D eigenvalue weighted by molar-refractivity contribution is -0.143. The van der Waals surface area contributed by atoms with Gasteiger partial charge < -0.3 is 9.64 Å². The zero-order valence-electron chi connectivity index (χ0n) is 10.7. The molecular weight excluding hydrogens is 218 g/mol. The van der Waals surface area contributed by atoms with Crippen LogP contribution in [0.15, 0.2) is 0 Å². The van der Waals surface area contributed by atoms with Crippen LogP contribution in [-0.4, -0.2) is 37.0 Å². The van der Waals surface area contributed by atoms with Crippen LogP contribution in [0.1, 0.15) is 39.0 Å². The van der Waals surface area contributed by atoms with Crippen molar-refractivity contribution in [3.8, 4) is 12.3 Å². The van der Waals surface area contributed by atoms with Gasteiger partial charge in [-0.2, -0.15) is 0 Å². The zero-order valence-corrected chi connectivity index (χ0v) is 10.7. The number of esters is 1. The second kappa shape index (κ2) is 9.71. The Hall–Kier alpha value is -1.50. The molecule has 0 aromatic carbocycles. The van der Waals surface area contributed by atoms with Gasteiger partial charge in [0.2, 0.25) is 5.91 Å². The van der Waals surface area contributed by atoms with Crippen LogP contribution in [0, 0.1) is 12.3 Å². The Labute approximate surface area is 103 Å². The van der Waals surface area contributed by atoms with Crippen LogP contribution in [-0.2, 0) is 14.3 Å². The lowest BCUT2D eigenvalue weighted by atomic mass is 10.2. The van der Waals surface area contributed by atoms with Gasteiger partial charge in [0.1, 0.15) is 0 Å². The Morgan fingerprint density at radius 3 is 2.59 bits per heavy atom. The van der Waals surface area contributed by atoms with Gasteiger partial charge in [-0.05, 0) is 19.8 Å². The molecule has 96 valence electrons. The molecule has 0 bridgehead atoms. The fraction of sp³-hybridized carbons (Fsp3) is 0.692. The molecule has 4 heteroatoms. The molecule has 0 N–H and O–H groups in total. The summed E-state index contributed by atoms with van der Waals surface area (Å²) in [6.45, 7) is 2.55. The second-order valence-corrected chi connectivity index (χ2v) is 3.78. The summed E-state index contributed by atoms with van der Waals surface area (Å²) in [4.78, 5) is 24.2. The first-order valence-electron chi connectivity index (χ1n) is 5.94. The Morgan fingerprint density at radius 2 is 2.00 bits per heavy atom. The van der Waals surface area contributed by atoms with E-state index in [0.29, 0.717) is 26.0 Å². The third-order valence-electron chi connectivity index (χ3n) is 2.34. The minimum atomic E-state index is -0.264. The minimum absolute atomic E-state index is 0.0475. The van der Waals surface area contributed by atoms with E-state index in [2.05, 4.69) is 5.92 Å². The van der Waals surface area contributed by atoms with Crippen molar-refractivity contribution in [3.63, 3.8) is 0 Å². The minimum Gasteiger partial charge on any atom is -0.466 e.